The van der Waals surface area contributed by atoms with Crippen molar-refractivity contribution in [1.29, 1.82) is 0 Å². The maximum Gasteiger partial charge on any atom is 0.277 e. The quantitative estimate of drug-likeness (QED) is 0.500. The largest absolute Gasteiger partial charge is 0.277 e. The summed E-state index contributed by atoms with van der Waals surface area (Å²) in [5, 5.41) is 14.1. The number of fused-ring (bicyclic) bond motifs is 1. The van der Waals surface area contributed by atoms with Crippen molar-refractivity contribution in [3.63, 3.8) is 0 Å². The molecule has 0 spiro atoms. The van der Waals surface area contributed by atoms with Crippen molar-refractivity contribution < 1.29 is 4.92 Å². The van der Waals surface area contributed by atoms with Gasteiger partial charge in [-0.3, -0.25) is 10.1 Å². The predicted octanol–water partition coefficient (Wildman–Crippen LogP) is 4.48. The molecule has 0 saturated carbocycles. The van der Waals surface area contributed by atoms with Crippen LogP contribution >= 0.6 is 11.3 Å². The van der Waals surface area contributed by atoms with E-state index < -0.39 is 0 Å². The lowest BCUT2D eigenvalue weighted by Crippen LogP contribution is -1.91. The smallest absolute Gasteiger partial charge is 0.258 e. The van der Waals surface area contributed by atoms with E-state index in [4.69, 9.17) is 0 Å². The van der Waals surface area contributed by atoms with E-state index in [2.05, 4.69) is 0 Å². The zero-order chi connectivity index (χ0) is 12.5. The average molecular weight is 255 g/mol. The first kappa shape index (κ1) is 10.9. The molecule has 18 heavy (non-hydrogen) atoms. The third-order valence-corrected chi connectivity index (χ3v) is 3.77. The van der Waals surface area contributed by atoms with Gasteiger partial charge in [-0.05, 0) is 29.1 Å². The summed E-state index contributed by atoms with van der Waals surface area (Å²) in [7, 11) is 0. The fraction of sp³-hybridized carbons (Fsp3) is 0. The Hall–Kier alpha value is -2.20. The van der Waals surface area contributed by atoms with Crippen molar-refractivity contribution >= 4 is 27.1 Å². The second-order valence-corrected chi connectivity index (χ2v) is 4.86. The Morgan fingerprint density at radius 3 is 2.56 bits per heavy atom. The molecule has 0 fully saturated rings. The van der Waals surface area contributed by atoms with Gasteiger partial charge in [0.15, 0.2) is 0 Å². The normalized spacial score (nSPS) is 10.7. The third-order valence-electron chi connectivity index (χ3n) is 2.89. The second kappa shape index (κ2) is 4.23. The van der Waals surface area contributed by atoms with Gasteiger partial charge in [0.05, 0.1) is 10.5 Å². The van der Waals surface area contributed by atoms with Gasteiger partial charge in [-0.1, -0.05) is 24.3 Å². The minimum atomic E-state index is -0.333. The Kier molecular flexibility index (Phi) is 2.57. The summed E-state index contributed by atoms with van der Waals surface area (Å²) >= 11 is 1.64. The first-order chi connectivity index (χ1) is 8.77. The van der Waals surface area contributed by atoms with Crippen molar-refractivity contribution in [2.75, 3.05) is 0 Å². The molecular weight excluding hydrogens is 246 g/mol. The molecule has 3 aromatic rings. The number of nitrogens with zero attached hydrogens (tertiary/aromatic N) is 1. The maximum atomic E-state index is 11.1. The molecule has 0 N–H and O–H groups in total. The van der Waals surface area contributed by atoms with E-state index in [9.17, 15) is 10.1 Å². The van der Waals surface area contributed by atoms with Crippen LogP contribution in [0, 0.1) is 10.1 Å². The zero-order valence-corrected chi connectivity index (χ0v) is 10.2. The van der Waals surface area contributed by atoms with Crippen LogP contribution in [0.25, 0.3) is 21.2 Å². The molecule has 88 valence electrons. The van der Waals surface area contributed by atoms with Crippen LogP contribution in [0.3, 0.4) is 0 Å². The molecule has 0 bridgehead atoms. The highest BCUT2D eigenvalue weighted by molar-refractivity contribution is 7.17. The fourth-order valence-electron chi connectivity index (χ4n) is 2.09. The van der Waals surface area contributed by atoms with Crippen LogP contribution in [-0.2, 0) is 0 Å². The molecular formula is C14H9NO2S. The number of nitro groups is 1. The highest BCUT2D eigenvalue weighted by Crippen LogP contribution is 2.36. The third kappa shape index (κ3) is 1.67. The van der Waals surface area contributed by atoms with Crippen LogP contribution in [0.1, 0.15) is 0 Å². The van der Waals surface area contributed by atoms with Gasteiger partial charge in [0.2, 0.25) is 0 Å². The monoisotopic (exact) mass is 255 g/mol. The highest BCUT2D eigenvalue weighted by Gasteiger charge is 2.15. The van der Waals surface area contributed by atoms with Crippen LogP contribution in [0.5, 0.6) is 0 Å². The van der Waals surface area contributed by atoms with E-state index >= 15 is 0 Å². The Bertz CT molecular complexity index is 733. The maximum absolute atomic E-state index is 11.1. The number of para-hydroxylation sites is 1. The average Bonchev–Trinajstić information content (AvgIpc) is 2.86. The van der Waals surface area contributed by atoms with Gasteiger partial charge in [-0.15, -0.1) is 11.3 Å². The van der Waals surface area contributed by atoms with Crippen molar-refractivity contribution in [1.82, 2.24) is 0 Å². The Labute approximate surface area is 107 Å². The molecule has 0 unspecified atom stereocenters. The Morgan fingerprint density at radius 2 is 1.72 bits per heavy atom. The molecule has 0 saturated heterocycles. The lowest BCUT2D eigenvalue weighted by molar-refractivity contribution is -0.384. The van der Waals surface area contributed by atoms with E-state index in [1.807, 2.05) is 35.7 Å². The van der Waals surface area contributed by atoms with E-state index in [0.29, 0.717) is 5.56 Å². The fourth-order valence-corrected chi connectivity index (χ4v) is 2.90. The second-order valence-electron chi connectivity index (χ2n) is 3.91. The van der Waals surface area contributed by atoms with Gasteiger partial charge >= 0.3 is 0 Å². The van der Waals surface area contributed by atoms with Gasteiger partial charge < -0.3 is 0 Å². The molecule has 2 aromatic carbocycles. The SMILES string of the molecule is O=[N+]([O-])c1ccccc1-c1cccc2sccc12. The minimum absolute atomic E-state index is 0.149. The van der Waals surface area contributed by atoms with Crippen molar-refractivity contribution in [2.45, 2.75) is 0 Å². The number of thiophene rings is 1. The lowest BCUT2D eigenvalue weighted by atomic mass is 10.0. The number of nitro benzene ring substituents is 1. The summed E-state index contributed by atoms with van der Waals surface area (Å²) in [5.41, 5.74) is 1.74. The topological polar surface area (TPSA) is 43.1 Å². The summed E-state index contributed by atoms with van der Waals surface area (Å²) in [6, 6.07) is 14.8. The molecule has 3 nitrogen and oxygen atoms in total. The van der Waals surface area contributed by atoms with Crippen molar-refractivity contribution in [3.05, 3.63) is 64.0 Å². The predicted molar refractivity (Wildman–Crippen MR) is 73.9 cm³/mol. The standard InChI is InChI=1S/C14H9NO2S/c16-15(17)13-6-2-1-4-11(13)10-5-3-7-14-12(10)8-9-18-14/h1-9H. The van der Waals surface area contributed by atoms with Gasteiger partial charge in [0.1, 0.15) is 0 Å². The Balaban J connectivity index is 2.33. The molecule has 1 aromatic heterocycles. The molecule has 0 aliphatic rings. The molecule has 0 aliphatic heterocycles. The van der Waals surface area contributed by atoms with Crippen LogP contribution in [0.2, 0.25) is 0 Å². The summed E-state index contributed by atoms with van der Waals surface area (Å²) in [4.78, 5) is 10.7. The number of benzene rings is 2. The summed E-state index contributed by atoms with van der Waals surface area (Å²) in [6.45, 7) is 0. The van der Waals surface area contributed by atoms with E-state index in [-0.39, 0.29) is 10.6 Å². The van der Waals surface area contributed by atoms with Crippen molar-refractivity contribution in [2.24, 2.45) is 0 Å². The lowest BCUT2D eigenvalue weighted by Gasteiger charge is -2.04. The van der Waals surface area contributed by atoms with Gasteiger partial charge in [-0.25, -0.2) is 0 Å². The Morgan fingerprint density at radius 1 is 0.944 bits per heavy atom. The number of rotatable bonds is 2. The first-order valence-electron chi connectivity index (χ1n) is 5.47. The highest BCUT2D eigenvalue weighted by atomic mass is 32.1. The number of hydrogen-bond donors (Lipinski definition) is 0. The molecule has 3 rings (SSSR count). The summed E-state index contributed by atoms with van der Waals surface area (Å²) < 4.78 is 1.14. The summed E-state index contributed by atoms with van der Waals surface area (Å²) in [5.74, 6) is 0. The molecule has 0 aliphatic carbocycles. The first-order valence-corrected chi connectivity index (χ1v) is 6.35. The molecule has 4 heteroatoms. The van der Waals surface area contributed by atoms with Crippen LogP contribution < -0.4 is 0 Å². The van der Waals surface area contributed by atoms with Gasteiger partial charge in [0, 0.05) is 16.2 Å². The number of hydrogen-bond acceptors (Lipinski definition) is 3. The van der Waals surface area contributed by atoms with E-state index in [1.165, 1.54) is 0 Å². The molecule has 0 amide bonds. The van der Waals surface area contributed by atoms with Gasteiger partial charge in [0.25, 0.3) is 5.69 Å². The van der Waals surface area contributed by atoms with Crippen LogP contribution in [-0.4, -0.2) is 4.92 Å². The zero-order valence-electron chi connectivity index (χ0n) is 9.37. The summed E-state index contributed by atoms with van der Waals surface area (Å²) in [6.07, 6.45) is 0. The van der Waals surface area contributed by atoms with Gasteiger partial charge in [-0.2, -0.15) is 0 Å². The minimum Gasteiger partial charge on any atom is -0.258 e. The van der Waals surface area contributed by atoms with E-state index in [0.717, 1.165) is 15.6 Å². The molecule has 1 heterocycles. The van der Waals surface area contributed by atoms with Crippen molar-refractivity contribution in [3.8, 4) is 11.1 Å². The molecule has 0 radical (unpaired) electrons. The molecule has 0 atom stereocenters. The van der Waals surface area contributed by atoms with Crippen LogP contribution in [0.4, 0.5) is 5.69 Å². The van der Waals surface area contributed by atoms with E-state index in [1.54, 1.807) is 29.5 Å². The van der Waals surface area contributed by atoms with Crippen LogP contribution in [0.15, 0.2) is 53.9 Å².